The Morgan fingerprint density at radius 3 is 2.84 bits per heavy atom. The molecule has 0 fully saturated rings. The Hall–Kier alpha value is -2.68. The number of amides is 1. The summed E-state index contributed by atoms with van der Waals surface area (Å²) in [5.41, 5.74) is 0.972. The van der Waals surface area contributed by atoms with Crippen molar-refractivity contribution in [3.63, 3.8) is 0 Å². The van der Waals surface area contributed by atoms with Crippen LogP contribution in [0.3, 0.4) is 0 Å². The van der Waals surface area contributed by atoms with E-state index in [-0.39, 0.29) is 11.8 Å². The summed E-state index contributed by atoms with van der Waals surface area (Å²) >= 11 is 0. The SMILES string of the molecule is CC(C)c1nnc(C(=O)Nc2cccc(C#N)c2)o1. The van der Waals surface area contributed by atoms with Crippen molar-refractivity contribution in [2.45, 2.75) is 19.8 Å². The van der Waals surface area contributed by atoms with Crippen molar-refractivity contribution < 1.29 is 9.21 Å². The fraction of sp³-hybridized carbons (Fsp3) is 0.231. The Balaban J connectivity index is 2.14. The minimum absolute atomic E-state index is 0.0657. The van der Waals surface area contributed by atoms with E-state index >= 15 is 0 Å². The Morgan fingerprint density at radius 1 is 1.42 bits per heavy atom. The van der Waals surface area contributed by atoms with E-state index in [4.69, 9.17) is 9.68 Å². The number of nitriles is 1. The van der Waals surface area contributed by atoms with Crippen molar-refractivity contribution in [3.8, 4) is 6.07 Å². The van der Waals surface area contributed by atoms with Crippen LogP contribution >= 0.6 is 0 Å². The molecule has 19 heavy (non-hydrogen) atoms. The quantitative estimate of drug-likeness (QED) is 0.909. The average molecular weight is 256 g/mol. The van der Waals surface area contributed by atoms with E-state index in [1.807, 2.05) is 19.9 Å². The number of hydrogen-bond donors (Lipinski definition) is 1. The maximum Gasteiger partial charge on any atom is 0.313 e. The molecule has 2 aromatic rings. The molecule has 0 saturated carbocycles. The fourth-order valence-electron chi connectivity index (χ4n) is 1.41. The number of rotatable bonds is 3. The molecule has 0 radical (unpaired) electrons. The van der Waals surface area contributed by atoms with Crippen LogP contribution in [0.25, 0.3) is 0 Å². The first kappa shape index (κ1) is 12.8. The van der Waals surface area contributed by atoms with Crippen LogP contribution in [-0.2, 0) is 0 Å². The summed E-state index contributed by atoms with van der Waals surface area (Å²) in [4.78, 5) is 11.9. The van der Waals surface area contributed by atoms with Gasteiger partial charge < -0.3 is 9.73 Å². The molecule has 0 spiro atoms. The van der Waals surface area contributed by atoms with Crippen molar-refractivity contribution in [2.75, 3.05) is 5.32 Å². The Labute approximate surface area is 110 Å². The Morgan fingerprint density at radius 2 is 2.21 bits per heavy atom. The van der Waals surface area contributed by atoms with E-state index in [9.17, 15) is 4.79 Å². The average Bonchev–Trinajstić information content (AvgIpc) is 2.89. The maximum absolute atomic E-state index is 11.9. The summed E-state index contributed by atoms with van der Waals surface area (Å²) in [5.74, 6) is -0.104. The van der Waals surface area contributed by atoms with Gasteiger partial charge in [0.1, 0.15) is 0 Å². The van der Waals surface area contributed by atoms with E-state index in [2.05, 4.69) is 15.5 Å². The number of anilines is 1. The van der Waals surface area contributed by atoms with Crippen LogP contribution in [0.4, 0.5) is 5.69 Å². The molecule has 2 rings (SSSR count). The van der Waals surface area contributed by atoms with Crippen molar-refractivity contribution in [2.24, 2.45) is 0 Å². The molecule has 1 N–H and O–H groups in total. The lowest BCUT2D eigenvalue weighted by Crippen LogP contribution is -2.12. The van der Waals surface area contributed by atoms with Gasteiger partial charge in [-0.25, -0.2) is 0 Å². The number of benzene rings is 1. The first-order chi connectivity index (χ1) is 9.10. The molecule has 1 aromatic carbocycles. The highest BCUT2D eigenvalue weighted by Crippen LogP contribution is 2.14. The summed E-state index contributed by atoms with van der Waals surface area (Å²) in [5, 5.41) is 18.8. The van der Waals surface area contributed by atoms with Gasteiger partial charge in [-0.1, -0.05) is 19.9 Å². The zero-order chi connectivity index (χ0) is 13.8. The third kappa shape index (κ3) is 2.96. The summed E-state index contributed by atoms with van der Waals surface area (Å²) in [7, 11) is 0. The van der Waals surface area contributed by atoms with Gasteiger partial charge in [0.25, 0.3) is 0 Å². The van der Waals surface area contributed by atoms with Gasteiger partial charge in [-0.05, 0) is 18.2 Å². The largest absolute Gasteiger partial charge is 0.417 e. The van der Waals surface area contributed by atoms with Crippen LogP contribution in [-0.4, -0.2) is 16.1 Å². The molecule has 0 aliphatic rings. The second-order valence-corrected chi connectivity index (χ2v) is 4.25. The molecule has 0 bridgehead atoms. The summed E-state index contributed by atoms with van der Waals surface area (Å²) in [6, 6.07) is 8.58. The van der Waals surface area contributed by atoms with Gasteiger partial charge in [-0.3, -0.25) is 4.79 Å². The molecule has 1 amide bonds. The molecule has 1 heterocycles. The van der Waals surface area contributed by atoms with Gasteiger partial charge in [-0.15, -0.1) is 10.2 Å². The topological polar surface area (TPSA) is 91.8 Å². The van der Waals surface area contributed by atoms with Gasteiger partial charge in [0.15, 0.2) is 0 Å². The Bertz CT molecular complexity index is 640. The van der Waals surface area contributed by atoms with Gasteiger partial charge in [0.2, 0.25) is 5.89 Å². The van der Waals surface area contributed by atoms with E-state index in [1.54, 1.807) is 24.3 Å². The van der Waals surface area contributed by atoms with Crippen LogP contribution in [0.15, 0.2) is 28.7 Å². The molecule has 1 aromatic heterocycles. The van der Waals surface area contributed by atoms with E-state index in [0.29, 0.717) is 17.1 Å². The monoisotopic (exact) mass is 256 g/mol. The molecular formula is C13H12N4O2. The van der Waals surface area contributed by atoms with Gasteiger partial charge >= 0.3 is 11.8 Å². The number of aromatic nitrogens is 2. The number of hydrogen-bond acceptors (Lipinski definition) is 5. The van der Waals surface area contributed by atoms with Crippen LogP contribution in [0.5, 0.6) is 0 Å². The third-order valence-corrected chi connectivity index (χ3v) is 2.38. The molecule has 96 valence electrons. The highest BCUT2D eigenvalue weighted by Gasteiger charge is 2.16. The lowest BCUT2D eigenvalue weighted by Gasteiger charge is -2.02. The van der Waals surface area contributed by atoms with Crippen LogP contribution in [0.2, 0.25) is 0 Å². The van der Waals surface area contributed by atoms with Gasteiger partial charge in [0.05, 0.1) is 11.6 Å². The van der Waals surface area contributed by atoms with E-state index in [1.165, 1.54) is 0 Å². The number of carbonyl (C=O) groups excluding carboxylic acids is 1. The highest BCUT2D eigenvalue weighted by molar-refractivity contribution is 6.00. The normalized spacial score (nSPS) is 10.2. The number of nitrogens with zero attached hydrogens (tertiary/aromatic N) is 3. The van der Waals surface area contributed by atoms with Crippen molar-refractivity contribution in [1.29, 1.82) is 5.26 Å². The smallest absolute Gasteiger partial charge is 0.313 e. The molecule has 0 aliphatic heterocycles. The van der Waals surface area contributed by atoms with Crippen molar-refractivity contribution >= 4 is 11.6 Å². The zero-order valence-corrected chi connectivity index (χ0v) is 10.5. The van der Waals surface area contributed by atoms with Gasteiger partial charge in [-0.2, -0.15) is 5.26 Å². The second-order valence-electron chi connectivity index (χ2n) is 4.25. The van der Waals surface area contributed by atoms with Crippen LogP contribution < -0.4 is 5.32 Å². The lowest BCUT2D eigenvalue weighted by molar-refractivity contribution is 0.0988. The molecule has 6 nitrogen and oxygen atoms in total. The molecule has 0 aliphatic carbocycles. The number of nitrogens with one attached hydrogen (secondary N) is 1. The number of carbonyl (C=O) groups is 1. The summed E-state index contributed by atoms with van der Waals surface area (Å²) in [6.07, 6.45) is 0. The lowest BCUT2D eigenvalue weighted by atomic mass is 10.2. The molecule has 0 unspecified atom stereocenters. The van der Waals surface area contributed by atoms with E-state index in [0.717, 1.165) is 0 Å². The van der Waals surface area contributed by atoms with Gasteiger partial charge in [0, 0.05) is 11.6 Å². The van der Waals surface area contributed by atoms with Crippen LogP contribution in [0.1, 0.15) is 41.9 Å². The fourth-order valence-corrected chi connectivity index (χ4v) is 1.41. The first-order valence-electron chi connectivity index (χ1n) is 5.75. The van der Waals surface area contributed by atoms with Crippen LogP contribution in [0, 0.1) is 11.3 Å². The predicted molar refractivity (Wildman–Crippen MR) is 67.5 cm³/mol. The minimum Gasteiger partial charge on any atom is -0.417 e. The first-order valence-corrected chi connectivity index (χ1v) is 5.75. The molecule has 6 heteroatoms. The summed E-state index contributed by atoms with van der Waals surface area (Å²) < 4.78 is 5.24. The maximum atomic E-state index is 11.9. The molecule has 0 saturated heterocycles. The second kappa shape index (κ2) is 5.31. The molecule has 0 atom stereocenters. The predicted octanol–water partition coefficient (Wildman–Crippen LogP) is 2.32. The van der Waals surface area contributed by atoms with E-state index < -0.39 is 5.91 Å². The zero-order valence-electron chi connectivity index (χ0n) is 10.5. The van der Waals surface area contributed by atoms with Crippen molar-refractivity contribution in [1.82, 2.24) is 10.2 Å². The minimum atomic E-state index is -0.491. The summed E-state index contributed by atoms with van der Waals surface area (Å²) in [6.45, 7) is 3.79. The third-order valence-electron chi connectivity index (χ3n) is 2.38. The Kier molecular flexibility index (Phi) is 3.57. The molecular weight excluding hydrogens is 244 g/mol. The highest BCUT2D eigenvalue weighted by atomic mass is 16.4. The van der Waals surface area contributed by atoms with Crippen molar-refractivity contribution in [3.05, 3.63) is 41.6 Å². The standard InChI is InChI=1S/C13H12N4O2/c1-8(2)12-16-17-13(19-12)11(18)15-10-5-3-4-9(6-10)7-14/h3-6,8H,1-2H3,(H,15,18).